The van der Waals surface area contributed by atoms with Crippen LogP contribution in [0.15, 0.2) is 23.1 Å². The molecule has 0 aromatic heterocycles. The molecule has 5 nitrogen and oxygen atoms in total. The van der Waals surface area contributed by atoms with Gasteiger partial charge in [-0.25, -0.2) is 12.8 Å². The molecule has 1 aromatic rings. The van der Waals surface area contributed by atoms with Crippen LogP contribution in [0.1, 0.15) is 19.4 Å². The Morgan fingerprint density at radius 3 is 2.27 bits per heavy atom. The molecule has 1 rings (SSSR count). The zero-order valence-corrected chi connectivity index (χ0v) is 12.4. The van der Waals surface area contributed by atoms with Crippen molar-refractivity contribution in [2.75, 3.05) is 6.54 Å². The van der Waals surface area contributed by atoms with Crippen molar-refractivity contribution in [3.63, 3.8) is 0 Å². The molecule has 0 aliphatic carbocycles. The van der Waals surface area contributed by atoms with Gasteiger partial charge in [0.2, 0.25) is 10.0 Å². The normalized spacial score (nSPS) is 12.9. The molecule has 0 heterocycles. The van der Waals surface area contributed by atoms with E-state index in [9.17, 15) is 30.8 Å². The number of carbonyl (C=O) groups is 1. The van der Waals surface area contributed by atoms with Crippen LogP contribution in [0.3, 0.4) is 0 Å². The Hall–Kier alpha value is -1.68. The third-order valence-corrected chi connectivity index (χ3v) is 4.73. The van der Waals surface area contributed by atoms with Crippen LogP contribution in [-0.4, -0.2) is 36.4 Å². The topological polar surface area (TPSA) is 74.7 Å². The van der Waals surface area contributed by atoms with Gasteiger partial charge >= 0.3 is 12.1 Å². The van der Waals surface area contributed by atoms with E-state index < -0.39 is 51.0 Å². The largest absolute Gasteiger partial charge is 0.480 e. The maximum atomic E-state index is 13.2. The van der Waals surface area contributed by atoms with Crippen molar-refractivity contribution < 1.29 is 35.9 Å². The van der Waals surface area contributed by atoms with E-state index in [1.54, 1.807) is 0 Å². The summed E-state index contributed by atoms with van der Waals surface area (Å²) in [6.07, 6.45) is -5.06. The summed E-state index contributed by atoms with van der Waals surface area (Å²) < 4.78 is 76.2. The molecule has 0 aliphatic heterocycles. The summed E-state index contributed by atoms with van der Waals surface area (Å²) in [6, 6.07) is 0.397. The highest BCUT2D eigenvalue weighted by Crippen LogP contribution is 2.33. The van der Waals surface area contributed by atoms with Crippen molar-refractivity contribution in [1.29, 1.82) is 0 Å². The average Bonchev–Trinajstić information content (AvgIpc) is 2.34. The van der Waals surface area contributed by atoms with Gasteiger partial charge in [0.15, 0.2) is 0 Å². The van der Waals surface area contributed by atoms with Crippen LogP contribution in [-0.2, 0) is 21.0 Å². The Labute approximate surface area is 124 Å². The second-order valence-electron chi connectivity index (χ2n) is 4.68. The Kier molecular flexibility index (Phi) is 5.18. The lowest BCUT2D eigenvalue weighted by Crippen LogP contribution is -2.40. The molecule has 0 bridgehead atoms. The summed E-state index contributed by atoms with van der Waals surface area (Å²) in [6.45, 7) is 1.82. The highest BCUT2D eigenvalue weighted by molar-refractivity contribution is 7.89. The van der Waals surface area contributed by atoms with Gasteiger partial charge in [-0.3, -0.25) is 4.79 Å². The molecule has 10 heteroatoms. The molecule has 0 unspecified atom stereocenters. The monoisotopic (exact) mass is 343 g/mol. The van der Waals surface area contributed by atoms with Crippen LogP contribution in [0, 0.1) is 5.82 Å². The fraction of sp³-hybridized carbons (Fsp3) is 0.417. The van der Waals surface area contributed by atoms with Gasteiger partial charge in [0.05, 0.1) is 10.5 Å². The molecule has 0 fully saturated rings. The fourth-order valence-corrected chi connectivity index (χ4v) is 3.31. The van der Waals surface area contributed by atoms with Gasteiger partial charge in [0.1, 0.15) is 12.4 Å². The summed E-state index contributed by atoms with van der Waals surface area (Å²) in [7, 11) is -4.51. The third-order valence-electron chi connectivity index (χ3n) is 2.72. The van der Waals surface area contributed by atoms with E-state index in [0.717, 1.165) is 0 Å². The first-order valence-corrected chi connectivity index (χ1v) is 7.41. The number of halogens is 4. The summed E-state index contributed by atoms with van der Waals surface area (Å²) >= 11 is 0. The van der Waals surface area contributed by atoms with Crippen LogP contribution in [0.5, 0.6) is 0 Å². The fourth-order valence-electron chi connectivity index (χ4n) is 1.70. The zero-order chi connectivity index (χ0) is 17.3. The van der Waals surface area contributed by atoms with Gasteiger partial charge in [-0.2, -0.15) is 17.5 Å². The van der Waals surface area contributed by atoms with Gasteiger partial charge in [0.25, 0.3) is 0 Å². The van der Waals surface area contributed by atoms with Gasteiger partial charge < -0.3 is 5.11 Å². The third kappa shape index (κ3) is 3.95. The summed E-state index contributed by atoms with van der Waals surface area (Å²) in [4.78, 5) is 9.90. The van der Waals surface area contributed by atoms with Gasteiger partial charge in [-0.1, -0.05) is 0 Å². The van der Waals surface area contributed by atoms with Gasteiger partial charge in [-0.05, 0) is 32.0 Å². The number of hydrogen-bond donors (Lipinski definition) is 1. The number of benzene rings is 1. The summed E-state index contributed by atoms with van der Waals surface area (Å²) in [5, 5.41) is 8.72. The van der Waals surface area contributed by atoms with E-state index in [4.69, 9.17) is 5.11 Å². The molecule has 0 aliphatic rings. The molecule has 0 spiro atoms. The lowest BCUT2D eigenvalue weighted by atomic mass is 10.2. The van der Waals surface area contributed by atoms with Crippen LogP contribution < -0.4 is 0 Å². The predicted molar refractivity (Wildman–Crippen MR) is 68.1 cm³/mol. The van der Waals surface area contributed by atoms with E-state index >= 15 is 0 Å². The maximum absolute atomic E-state index is 13.2. The number of aliphatic carboxylic acids is 1. The Bertz CT molecular complexity index is 670. The average molecular weight is 343 g/mol. The molecule has 0 radical (unpaired) electrons. The molecule has 0 atom stereocenters. The molecular formula is C12H13F4NO4S. The second kappa shape index (κ2) is 6.21. The highest BCUT2D eigenvalue weighted by atomic mass is 32.2. The Morgan fingerprint density at radius 2 is 1.86 bits per heavy atom. The van der Waals surface area contributed by atoms with E-state index in [2.05, 4.69) is 0 Å². The zero-order valence-electron chi connectivity index (χ0n) is 11.6. The van der Waals surface area contributed by atoms with Crippen molar-refractivity contribution in [2.45, 2.75) is 31.0 Å². The highest BCUT2D eigenvalue weighted by Gasteiger charge is 2.37. The molecule has 0 amide bonds. The number of sulfonamides is 1. The predicted octanol–water partition coefficient (Wildman–Crippen LogP) is 2.33. The van der Waals surface area contributed by atoms with E-state index in [1.807, 2.05) is 0 Å². The first kappa shape index (κ1) is 18.4. The number of carboxylic acids is 1. The van der Waals surface area contributed by atoms with Crippen LogP contribution in [0.4, 0.5) is 17.6 Å². The standard InChI is InChI=1S/C12H13F4NO4S/c1-7(2)17(6-11(18)19)22(20,21)8-3-4-10(13)9(5-8)12(14,15)16/h3-5,7H,6H2,1-2H3,(H,18,19). The number of carboxylic acid groups (broad SMARTS) is 1. The minimum atomic E-state index is -5.06. The molecule has 0 saturated carbocycles. The summed E-state index contributed by atoms with van der Waals surface area (Å²) in [5.74, 6) is -3.07. The number of alkyl halides is 3. The molecular weight excluding hydrogens is 330 g/mol. The number of hydrogen-bond acceptors (Lipinski definition) is 3. The van der Waals surface area contributed by atoms with Gasteiger partial charge in [-0.15, -0.1) is 0 Å². The molecule has 0 saturated heterocycles. The lowest BCUT2D eigenvalue weighted by molar-refractivity contribution is -0.140. The maximum Gasteiger partial charge on any atom is 0.419 e. The van der Waals surface area contributed by atoms with Crippen molar-refractivity contribution in [3.05, 3.63) is 29.6 Å². The second-order valence-corrected chi connectivity index (χ2v) is 6.57. The van der Waals surface area contributed by atoms with Crippen LogP contribution >= 0.6 is 0 Å². The minimum absolute atomic E-state index is 0.155. The lowest BCUT2D eigenvalue weighted by Gasteiger charge is -2.24. The Balaban J connectivity index is 3.42. The van der Waals surface area contributed by atoms with Gasteiger partial charge in [0, 0.05) is 6.04 Å². The SMILES string of the molecule is CC(C)N(CC(=O)O)S(=O)(=O)c1ccc(F)c(C(F)(F)F)c1. The summed E-state index contributed by atoms with van der Waals surface area (Å²) in [5.41, 5.74) is -1.73. The molecule has 1 N–H and O–H groups in total. The Morgan fingerprint density at radius 1 is 1.32 bits per heavy atom. The van der Waals surface area contributed by atoms with Crippen molar-refractivity contribution >= 4 is 16.0 Å². The van der Waals surface area contributed by atoms with E-state index in [-0.39, 0.29) is 6.07 Å². The smallest absolute Gasteiger partial charge is 0.419 e. The number of rotatable bonds is 5. The number of nitrogens with zero attached hydrogens (tertiary/aromatic N) is 1. The van der Waals surface area contributed by atoms with Crippen molar-refractivity contribution in [3.8, 4) is 0 Å². The first-order chi connectivity index (χ1) is 9.87. The first-order valence-electron chi connectivity index (χ1n) is 5.97. The quantitative estimate of drug-likeness (QED) is 0.833. The van der Waals surface area contributed by atoms with E-state index in [1.165, 1.54) is 13.8 Å². The van der Waals surface area contributed by atoms with Crippen LogP contribution in [0.2, 0.25) is 0 Å². The van der Waals surface area contributed by atoms with Crippen LogP contribution in [0.25, 0.3) is 0 Å². The molecule has 22 heavy (non-hydrogen) atoms. The van der Waals surface area contributed by atoms with Crippen molar-refractivity contribution in [2.24, 2.45) is 0 Å². The molecule has 124 valence electrons. The van der Waals surface area contributed by atoms with Crippen molar-refractivity contribution in [1.82, 2.24) is 4.31 Å². The van der Waals surface area contributed by atoms with E-state index in [0.29, 0.717) is 16.4 Å². The minimum Gasteiger partial charge on any atom is -0.480 e. The molecule has 1 aromatic carbocycles.